The van der Waals surface area contributed by atoms with Crippen LogP contribution in [0.5, 0.6) is 0 Å². The van der Waals surface area contributed by atoms with E-state index >= 15 is 0 Å². The zero-order chi connectivity index (χ0) is 37.4. The molecule has 3 N–H and O–H groups in total. The van der Waals surface area contributed by atoms with E-state index in [0.717, 1.165) is 46.1 Å². The number of amides is 3. The molecule has 3 aliphatic rings. The molecule has 6 aromatic rings. The average molecular weight is 756 g/mol. The van der Waals surface area contributed by atoms with Crippen LogP contribution in [-0.4, -0.2) is 42.8 Å². The van der Waals surface area contributed by atoms with E-state index in [2.05, 4.69) is 38.8 Å². The maximum atomic E-state index is 14.4. The van der Waals surface area contributed by atoms with E-state index in [1.807, 2.05) is 36.7 Å². The number of anilines is 2. The van der Waals surface area contributed by atoms with E-state index in [9.17, 15) is 19.6 Å². The van der Waals surface area contributed by atoms with Crippen LogP contribution in [0.25, 0.3) is 22.0 Å². The molecule has 1 aliphatic heterocycles. The van der Waals surface area contributed by atoms with E-state index in [1.165, 1.54) is 11.1 Å². The summed E-state index contributed by atoms with van der Waals surface area (Å²) in [7, 11) is 0. The molecule has 268 valence electrons. The van der Waals surface area contributed by atoms with Gasteiger partial charge in [0.25, 0.3) is 11.8 Å². The Morgan fingerprint density at radius 2 is 1.63 bits per heavy atom. The quantitative estimate of drug-likeness (QED) is 0.141. The molecule has 2 aliphatic carbocycles. The summed E-state index contributed by atoms with van der Waals surface area (Å²) >= 11 is 12.7. The molecule has 54 heavy (non-hydrogen) atoms. The lowest BCUT2D eigenvalue weighted by Crippen LogP contribution is -2.52. The average Bonchev–Trinajstić information content (AvgIpc) is 3.99. The van der Waals surface area contributed by atoms with Gasteiger partial charge in [-0.2, -0.15) is 5.26 Å². The Labute approximate surface area is 319 Å². The van der Waals surface area contributed by atoms with Crippen molar-refractivity contribution in [1.82, 2.24) is 30.2 Å². The highest BCUT2D eigenvalue weighted by Crippen LogP contribution is 2.48. The predicted molar refractivity (Wildman–Crippen MR) is 204 cm³/mol. The topological polar surface area (TPSA) is 149 Å². The molecule has 2 saturated carbocycles. The van der Waals surface area contributed by atoms with Crippen LogP contribution in [0.4, 0.5) is 11.6 Å². The van der Waals surface area contributed by atoms with E-state index in [1.54, 1.807) is 54.0 Å². The van der Waals surface area contributed by atoms with Crippen molar-refractivity contribution >= 4 is 63.5 Å². The Balaban J connectivity index is 0.977. The summed E-state index contributed by atoms with van der Waals surface area (Å²) in [5, 5.41) is 17.3. The van der Waals surface area contributed by atoms with E-state index in [0.29, 0.717) is 34.1 Å². The Hall–Kier alpha value is -5.96. The van der Waals surface area contributed by atoms with Crippen LogP contribution >= 0.6 is 23.2 Å². The molecule has 0 saturated heterocycles. The molecule has 0 bridgehead atoms. The lowest BCUT2D eigenvalue weighted by molar-refractivity contribution is -0.125. The van der Waals surface area contributed by atoms with E-state index in [-0.39, 0.29) is 29.9 Å². The van der Waals surface area contributed by atoms with Gasteiger partial charge in [0.15, 0.2) is 0 Å². The van der Waals surface area contributed by atoms with Crippen LogP contribution < -0.4 is 15.5 Å². The molecule has 0 radical (unpaired) electrons. The molecule has 3 aromatic heterocycles. The first-order valence-corrected chi connectivity index (χ1v) is 18.3. The molecule has 9 rings (SSSR count). The second-order valence-electron chi connectivity index (χ2n) is 14.6. The summed E-state index contributed by atoms with van der Waals surface area (Å²) in [6, 6.07) is 26.1. The van der Waals surface area contributed by atoms with Gasteiger partial charge >= 0.3 is 0 Å². The number of fused-ring (bicyclic) bond motifs is 2. The van der Waals surface area contributed by atoms with Crippen molar-refractivity contribution in [1.29, 1.82) is 5.26 Å². The van der Waals surface area contributed by atoms with Gasteiger partial charge in [0.05, 0.1) is 34.7 Å². The molecule has 2 fully saturated rings. The van der Waals surface area contributed by atoms with Crippen molar-refractivity contribution in [3.8, 4) is 17.2 Å². The van der Waals surface area contributed by atoms with Crippen LogP contribution in [0.2, 0.25) is 10.0 Å². The highest BCUT2D eigenvalue weighted by atomic mass is 35.5. The number of carbonyl (C=O) groups excluding carboxylic acids is 3. The summed E-state index contributed by atoms with van der Waals surface area (Å²) in [6.45, 7) is 1.75. The van der Waals surface area contributed by atoms with Gasteiger partial charge in [0.2, 0.25) is 11.9 Å². The van der Waals surface area contributed by atoms with Gasteiger partial charge in [0.1, 0.15) is 16.8 Å². The number of imidazole rings is 1. The number of H-pyrrole nitrogens is 1. The van der Waals surface area contributed by atoms with E-state index in [4.69, 9.17) is 28.2 Å². The first-order chi connectivity index (χ1) is 26.0. The zero-order valence-electron chi connectivity index (χ0n) is 29.0. The zero-order valence-corrected chi connectivity index (χ0v) is 30.5. The maximum Gasteiger partial charge on any atom is 0.270 e. The summed E-state index contributed by atoms with van der Waals surface area (Å²) in [6.07, 6.45) is 7.75. The summed E-state index contributed by atoms with van der Waals surface area (Å²) in [5.41, 5.74) is 2.62. The number of carbonyl (C=O) groups is 3. The minimum Gasteiger partial charge on any atom is -0.361 e. The Bertz CT molecular complexity index is 2540. The minimum absolute atomic E-state index is 0.125. The number of aromatic amines is 1. The number of hydrogen-bond acceptors (Lipinski definition) is 6. The molecular weight excluding hydrogens is 723 g/mol. The van der Waals surface area contributed by atoms with Gasteiger partial charge in [-0.1, -0.05) is 47.5 Å². The summed E-state index contributed by atoms with van der Waals surface area (Å²) < 4.78 is 1.62. The van der Waals surface area contributed by atoms with Gasteiger partial charge in [0, 0.05) is 39.9 Å². The van der Waals surface area contributed by atoms with E-state index < -0.39 is 22.5 Å². The van der Waals surface area contributed by atoms with Crippen molar-refractivity contribution in [2.24, 2.45) is 0 Å². The predicted octanol–water partition coefficient (Wildman–Crippen LogP) is 7.31. The minimum atomic E-state index is -1.32. The van der Waals surface area contributed by atoms with Crippen LogP contribution in [0.3, 0.4) is 0 Å². The molecule has 3 amide bonds. The lowest BCUT2D eigenvalue weighted by atomic mass is 9.91. The van der Waals surface area contributed by atoms with Crippen molar-refractivity contribution in [3.05, 3.63) is 130 Å². The van der Waals surface area contributed by atoms with Crippen molar-refractivity contribution < 1.29 is 14.4 Å². The van der Waals surface area contributed by atoms with Gasteiger partial charge in [-0.3, -0.25) is 23.9 Å². The first kappa shape index (κ1) is 33.8. The number of nitrogens with one attached hydrogen (secondary N) is 3. The molecular formula is C41H32Cl2N8O3. The standard InChI is InChI=1S/C41H32Cl2N8O3/c1-39(20-24-2-4-25(21-44)5-3-24)37(54)50(31-18-29(42)17-30(43)19-31)38-47-23-33(51(38)39)35(52)48-41(13-14-41)36(53)49-40(11-12-40)34-9-7-28(22-46-34)26-6-8-32-27(16-26)10-15-45-32/h2-10,15-19,22-23,45H,11-14,20H2,1H3,(H,48,52)(H,49,53)/t39-/m1/s1. The normalized spacial score (nSPS) is 18.9. The lowest BCUT2D eigenvalue weighted by Gasteiger charge is -2.27. The monoisotopic (exact) mass is 754 g/mol. The maximum absolute atomic E-state index is 14.4. The number of hydrogen-bond donors (Lipinski definition) is 3. The number of halogens is 2. The third kappa shape index (κ3) is 5.61. The van der Waals surface area contributed by atoms with Gasteiger partial charge < -0.3 is 15.6 Å². The number of pyridine rings is 1. The highest BCUT2D eigenvalue weighted by Gasteiger charge is 2.57. The second kappa shape index (κ2) is 12.3. The Kier molecular flexibility index (Phi) is 7.71. The summed E-state index contributed by atoms with van der Waals surface area (Å²) in [5.74, 6) is -0.934. The fraction of sp³-hybridized carbons (Fsp3) is 0.220. The van der Waals surface area contributed by atoms with Gasteiger partial charge in [-0.15, -0.1) is 0 Å². The molecule has 11 nitrogen and oxygen atoms in total. The number of benzene rings is 3. The number of rotatable bonds is 9. The summed E-state index contributed by atoms with van der Waals surface area (Å²) in [4.78, 5) is 56.6. The fourth-order valence-electron chi connectivity index (χ4n) is 7.53. The van der Waals surface area contributed by atoms with Crippen molar-refractivity contribution in [3.63, 3.8) is 0 Å². The SMILES string of the molecule is C[C@@]1(Cc2ccc(C#N)cc2)C(=O)N(c2cc(Cl)cc(Cl)c2)c2ncc(C(=O)NC3(C(=O)NC4(c5ccc(-c6ccc7[nH]ccc7c6)cn5)CC4)CC3)n21. The fourth-order valence-corrected chi connectivity index (χ4v) is 8.04. The molecule has 0 unspecified atom stereocenters. The smallest absolute Gasteiger partial charge is 0.270 e. The van der Waals surface area contributed by atoms with Crippen molar-refractivity contribution in [2.75, 3.05) is 4.90 Å². The van der Waals surface area contributed by atoms with Crippen LogP contribution in [0.1, 0.15) is 59.9 Å². The first-order valence-electron chi connectivity index (χ1n) is 17.6. The largest absolute Gasteiger partial charge is 0.361 e. The highest BCUT2D eigenvalue weighted by molar-refractivity contribution is 6.35. The second-order valence-corrected chi connectivity index (χ2v) is 15.5. The van der Waals surface area contributed by atoms with Gasteiger partial charge in [-0.25, -0.2) is 9.88 Å². The molecule has 4 heterocycles. The van der Waals surface area contributed by atoms with Crippen molar-refractivity contribution in [2.45, 2.75) is 55.6 Å². The Morgan fingerprint density at radius 3 is 2.30 bits per heavy atom. The third-order valence-electron chi connectivity index (χ3n) is 10.9. The Morgan fingerprint density at radius 1 is 0.889 bits per heavy atom. The molecule has 3 aromatic carbocycles. The molecule has 13 heteroatoms. The van der Waals surface area contributed by atoms with Gasteiger partial charge in [-0.05, 0) is 104 Å². The number of nitriles is 1. The van der Waals surface area contributed by atoms with Crippen LogP contribution in [-0.2, 0) is 27.1 Å². The van der Waals surface area contributed by atoms with Crippen LogP contribution in [0, 0.1) is 11.3 Å². The number of aromatic nitrogens is 4. The number of nitrogens with zero attached hydrogens (tertiary/aromatic N) is 5. The molecule has 0 spiro atoms. The molecule has 1 atom stereocenters. The van der Waals surface area contributed by atoms with Crippen LogP contribution in [0.15, 0.2) is 97.5 Å². The third-order valence-corrected chi connectivity index (χ3v) is 11.3.